The molecule has 7 nitrogen and oxygen atoms in total. The van der Waals surface area contributed by atoms with Crippen LogP contribution in [0.2, 0.25) is 0 Å². The molecule has 8 heteroatoms. The van der Waals surface area contributed by atoms with Crippen molar-refractivity contribution in [1.29, 1.82) is 0 Å². The van der Waals surface area contributed by atoms with Gasteiger partial charge in [0, 0.05) is 32.5 Å². The second-order valence-corrected chi connectivity index (χ2v) is 7.33. The zero-order valence-corrected chi connectivity index (χ0v) is 13.7. The van der Waals surface area contributed by atoms with E-state index in [0.717, 1.165) is 23.2 Å². The molecule has 0 aliphatic heterocycles. The number of rotatable bonds is 6. The third-order valence-electron chi connectivity index (χ3n) is 3.46. The standard InChI is InChI=1S/C14H20N4O3S/c1-11-5-4-7-18-12(10-16-14(11)18)9-13(19)15-6-8-17(2)22(3,20)21/h4-5,7,10H,6,8-9H2,1-3H3,(H,15,19). The normalized spacial score (nSPS) is 12.0. The van der Waals surface area contributed by atoms with Crippen molar-refractivity contribution in [2.24, 2.45) is 0 Å². The lowest BCUT2D eigenvalue weighted by atomic mass is 10.3. The van der Waals surface area contributed by atoms with Crippen LogP contribution in [0.5, 0.6) is 0 Å². The van der Waals surface area contributed by atoms with Crippen molar-refractivity contribution in [3.8, 4) is 0 Å². The number of hydrogen-bond acceptors (Lipinski definition) is 4. The lowest BCUT2D eigenvalue weighted by molar-refractivity contribution is -0.120. The molecule has 0 radical (unpaired) electrons. The van der Waals surface area contributed by atoms with Crippen molar-refractivity contribution >= 4 is 21.6 Å². The molecule has 2 heterocycles. The Bertz CT molecular complexity index is 782. The van der Waals surface area contributed by atoms with Crippen LogP contribution < -0.4 is 5.32 Å². The molecule has 0 atom stereocenters. The fraction of sp³-hybridized carbons (Fsp3) is 0.429. The van der Waals surface area contributed by atoms with E-state index in [0.29, 0.717) is 0 Å². The van der Waals surface area contributed by atoms with E-state index >= 15 is 0 Å². The van der Waals surface area contributed by atoms with Crippen LogP contribution in [0, 0.1) is 6.92 Å². The zero-order chi connectivity index (χ0) is 16.3. The van der Waals surface area contributed by atoms with Gasteiger partial charge < -0.3 is 9.72 Å². The number of sulfonamides is 1. The molecule has 0 saturated carbocycles. The molecule has 0 spiro atoms. The van der Waals surface area contributed by atoms with Crippen LogP contribution in [0.1, 0.15) is 11.3 Å². The van der Waals surface area contributed by atoms with Crippen LogP contribution >= 0.6 is 0 Å². The van der Waals surface area contributed by atoms with Gasteiger partial charge in [0.25, 0.3) is 0 Å². The Kier molecular flexibility index (Phi) is 4.82. The molecule has 0 unspecified atom stereocenters. The maximum absolute atomic E-state index is 12.0. The van der Waals surface area contributed by atoms with Gasteiger partial charge in [0.05, 0.1) is 18.4 Å². The molecule has 0 saturated heterocycles. The highest BCUT2D eigenvalue weighted by molar-refractivity contribution is 7.88. The number of carbonyl (C=O) groups excluding carboxylic acids is 1. The highest BCUT2D eigenvalue weighted by Gasteiger charge is 2.12. The number of amides is 1. The van der Waals surface area contributed by atoms with Crippen molar-refractivity contribution < 1.29 is 13.2 Å². The first-order valence-electron chi connectivity index (χ1n) is 6.88. The van der Waals surface area contributed by atoms with Gasteiger partial charge in [-0.3, -0.25) is 4.79 Å². The number of aryl methyl sites for hydroxylation is 1. The third kappa shape index (κ3) is 3.83. The van der Waals surface area contributed by atoms with Crippen molar-refractivity contribution in [1.82, 2.24) is 19.0 Å². The molecule has 0 fully saturated rings. The van der Waals surface area contributed by atoms with Gasteiger partial charge in [-0.15, -0.1) is 0 Å². The van der Waals surface area contributed by atoms with Crippen molar-refractivity contribution in [3.63, 3.8) is 0 Å². The van der Waals surface area contributed by atoms with Crippen molar-refractivity contribution in [3.05, 3.63) is 35.8 Å². The first kappa shape index (κ1) is 16.4. The van der Waals surface area contributed by atoms with Crippen LogP contribution in [-0.2, 0) is 21.2 Å². The van der Waals surface area contributed by atoms with E-state index in [1.165, 1.54) is 11.4 Å². The van der Waals surface area contributed by atoms with Gasteiger partial charge in [-0.1, -0.05) is 6.07 Å². The van der Waals surface area contributed by atoms with Gasteiger partial charge in [-0.25, -0.2) is 17.7 Å². The molecular formula is C14H20N4O3S. The van der Waals surface area contributed by atoms with Gasteiger partial charge in [-0.05, 0) is 18.6 Å². The first-order valence-corrected chi connectivity index (χ1v) is 8.73. The molecule has 0 aliphatic carbocycles. The summed E-state index contributed by atoms with van der Waals surface area (Å²) in [5.74, 6) is -0.162. The molecule has 0 aromatic carbocycles. The number of fused-ring (bicyclic) bond motifs is 1. The predicted octanol–water partition coefficient (Wildman–Crippen LogP) is 0.193. The Morgan fingerprint density at radius 3 is 2.86 bits per heavy atom. The summed E-state index contributed by atoms with van der Waals surface area (Å²) in [5.41, 5.74) is 2.68. The number of aromatic nitrogens is 2. The Balaban J connectivity index is 1.93. The summed E-state index contributed by atoms with van der Waals surface area (Å²) in [7, 11) is -1.74. The molecule has 2 rings (SSSR count). The average Bonchev–Trinajstić information content (AvgIpc) is 2.82. The van der Waals surface area contributed by atoms with Gasteiger partial charge >= 0.3 is 0 Å². The second-order valence-electron chi connectivity index (χ2n) is 5.25. The van der Waals surface area contributed by atoms with Crippen LogP contribution in [0.15, 0.2) is 24.5 Å². The molecule has 0 bridgehead atoms. The Hall–Kier alpha value is -1.93. The van der Waals surface area contributed by atoms with Crippen molar-refractivity contribution in [2.45, 2.75) is 13.3 Å². The quantitative estimate of drug-likeness (QED) is 0.822. The number of likely N-dealkylation sites (N-methyl/N-ethyl adjacent to an activating group) is 1. The third-order valence-corrected chi connectivity index (χ3v) is 4.78. The molecule has 120 valence electrons. The number of imidazole rings is 1. The molecule has 2 aromatic rings. The van der Waals surface area contributed by atoms with Gasteiger partial charge in [0.15, 0.2) is 0 Å². The maximum Gasteiger partial charge on any atom is 0.226 e. The summed E-state index contributed by atoms with van der Waals surface area (Å²) >= 11 is 0. The Morgan fingerprint density at radius 2 is 2.18 bits per heavy atom. The van der Waals surface area contributed by atoms with Gasteiger partial charge in [0.2, 0.25) is 15.9 Å². The van der Waals surface area contributed by atoms with E-state index in [1.54, 1.807) is 6.20 Å². The summed E-state index contributed by atoms with van der Waals surface area (Å²) in [5, 5.41) is 2.72. The van der Waals surface area contributed by atoms with E-state index in [-0.39, 0.29) is 25.4 Å². The minimum absolute atomic E-state index is 0.162. The van der Waals surface area contributed by atoms with E-state index in [1.807, 2.05) is 29.7 Å². The van der Waals surface area contributed by atoms with Crippen LogP contribution in [-0.4, -0.2) is 54.4 Å². The fourth-order valence-corrected chi connectivity index (χ4v) is 2.50. The van der Waals surface area contributed by atoms with Crippen LogP contribution in [0.4, 0.5) is 0 Å². The predicted molar refractivity (Wildman–Crippen MR) is 84.1 cm³/mol. The Morgan fingerprint density at radius 1 is 1.45 bits per heavy atom. The molecule has 1 N–H and O–H groups in total. The van der Waals surface area contributed by atoms with E-state index < -0.39 is 10.0 Å². The van der Waals surface area contributed by atoms with Crippen LogP contribution in [0.3, 0.4) is 0 Å². The minimum Gasteiger partial charge on any atom is -0.354 e. The summed E-state index contributed by atoms with van der Waals surface area (Å²) in [6.45, 7) is 2.49. The highest BCUT2D eigenvalue weighted by Crippen LogP contribution is 2.11. The van der Waals surface area contributed by atoms with Crippen LogP contribution in [0.25, 0.3) is 5.65 Å². The van der Waals surface area contributed by atoms with E-state index in [4.69, 9.17) is 0 Å². The van der Waals surface area contributed by atoms with Crippen molar-refractivity contribution in [2.75, 3.05) is 26.4 Å². The fourth-order valence-electron chi connectivity index (χ4n) is 2.08. The number of nitrogens with one attached hydrogen (secondary N) is 1. The smallest absolute Gasteiger partial charge is 0.226 e. The summed E-state index contributed by atoms with van der Waals surface area (Å²) < 4.78 is 25.6. The maximum atomic E-state index is 12.0. The van der Waals surface area contributed by atoms with Gasteiger partial charge in [0.1, 0.15) is 5.65 Å². The number of hydrogen-bond donors (Lipinski definition) is 1. The van der Waals surface area contributed by atoms with E-state index in [2.05, 4.69) is 10.3 Å². The number of nitrogens with zero attached hydrogens (tertiary/aromatic N) is 3. The highest BCUT2D eigenvalue weighted by atomic mass is 32.2. The largest absolute Gasteiger partial charge is 0.354 e. The number of pyridine rings is 1. The average molecular weight is 324 g/mol. The molecule has 1 amide bonds. The lowest BCUT2D eigenvalue weighted by Gasteiger charge is -2.14. The molecule has 2 aromatic heterocycles. The summed E-state index contributed by atoms with van der Waals surface area (Å²) in [6, 6.07) is 3.87. The monoisotopic (exact) mass is 324 g/mol. The summed E-state index contributed by atoms with van der Waals surface area (Å²) in [4.78, 5) is 16.3. The lowest BCUT2D eigenvalue weighted by Crippen LogP contribution is -2.36. The summed E-state index contributed by atoms with van der Waals surface area (Å²) in [6.07, 6.45) is 4.89. The molecule has 0 aliphatic rings. The van der Waals surface area contributed by atoms with Gasteiger partial charge in [-0.2, -0.15) is 0 Å². The SMILES string of the molecule is Cc1cccn2c(CC(=O)NCCN(C)S(C)(=O)=O)cnc12. The first-order chi connectivity index (χ1) is 10.3. The molecular weight excluding hydrogens is 304 g/mol. The topological polar surface area (TPSA) is 83.8 Å². The molecule has 22 heavy (non-hydrogen) atoms. The number of carbonyl (C=O) groups is 1. The van der Waals surface area contributed by atoms with E-state index in [9.17, 15) is 13.2 Å². The zero-order valence-electron chi connectivity index (χ0n) is 12.9. The minimum atomic E-state index is -3.22. The second kappa shape index (κ2) is 6.45. The Labute approximate surface area is 130 Å².